The quantitative estimate of drug-likeness (QED) is 0.234. The van der Waals surface area contributed by atoms with Crippen LogP contribution >= 0.6 is 24.0 Å². The van der Waals surface area contributed by atoms with E-state index in [-0.39, 0.29) is 35.3 Å². The minimum absolute atomic E-state index is 0. The Kier molecular flexibility index (Phi) is 12.0. The molecule has 0 heterocycles. The van der Waals surface area contributed by atoms with Gasteiger partial charge in [0.05, 0.1) is 7.11 Å². The van der Waals surface area contributed by atoms with Gasteiger partial charge in [-0.05, 0) is 31.0 Å². The lowest BCUT2D eigenvalue weighted by molar-refractivity contribution is -0.128. The molecule has 6 nitrogen and oxygen atoms in total. The Morgan fingerprint density at radius 1 is 1.08 bits per heavy atom. The Bertz CT molecular complexity index is 554. The zero-order chi connectivity index (χ0) is 18.7. The Morgan fingerprint density at radius 3 is 2.23 bits per heavy atom. The highest BCUT2D eigenvalue weighted by Crippen LogP contribution is 2.12. The van der Waals surface area contributed by atoms with E-state index in [1.807, 2.05) is 39.8 Å². The maximum atomic E-state index is 11.8. The fraction of sp³-hybridized carbons (Fsp3) is 0.579. The van der Waals surface area contributed by atoms with Gasteiger partial charge in [0.1, 0.15) is 5.75 Å². The van der Waals surface area contributed by atoms with E-state index in [0.717, 1.165) is 24.7 Å². The Labute approximate surface area is 174 Å². The number of nitrogens with one attached hydrogen (secondary N) is 3. The van der Waals surface area contributed by atoms with Crippen LogP contribution in [0.1, 0.15) is 33.3 Å². The van der Waals surface area contributed by atoms with E-state index in [1.165, 1.54) is 5.56 Å². The molecule has 148 valence electrons. The van der Waals surface area contributed by atoms with E-state index in [1.54, 1.807) is 7.11 Å². The summed E-state index contributed by atoms with van der Waals surface area (Å²) in [5.41, 5.74) is 0.856. The molecule has 0 bridgehead atoms. The van der Waals surface area contributed by atoms with Gasteiger partial charge in [-0.3, -0.25) is 9.79 Å². The molecule has 3 N–H and O–H groups in total. The molecule has 0 radical (unpaired) electrons. The number of aliphatic imine (C=N–C) groups is 1. The van der Waals surface area contributed by atoms with Crippen molar-refractivity contribution in [2.45, 2.75) is 34.1 Å². The molecule has 1 rings (SSSR count). The van der Waals surface area contributed by atoms with Crippen LogP contribution in [-0.4, -0.2) is 45.2 Å². The Hall–Kier alpha value is -1.51. The third-order valence-electron chi connectivity index (χ3n) is 3.56. The first-order valence-corrected chi connectivity index (χ1v) is 8.80. The highest BCUT2D eigenvalue weighted by atomic mass is 127. The van der Waals surface area contributed by atoms with Crippen molar-refractivity contribution >= 4 is 35.8 Å². The fourth-order valence-corrected chi connectivity index (χ4v) is 2.05. The topological polar surface area (TPSA) is 74.8 Å². The third-order valence-corrected chi connectivity index (χ3v) is 3.56. The Morgan fingerprint density at radius 2 is 1.69 bits per heavy atom. The summed E-state index contributed by atoms with van der Waals surface area (Å²) in [5.74, 6) is 1.68. The van der Waals surface area contributed by atoms with Gasteiger partial charge < -0.3 is 20.7 Å². The van der Waals surface area contributed by atoms with E-state index in [4.69, 9.17) is 4.74 Å². The predicted octanol–water partition coefficient (Wildman–Crippen LogP) is 2.57. The number of carbonyl (C=O) groups is 1. The molecule has 0 spiro atoms. The van der Waals surface area contributed by atoms with Crippen molar-refractivity contribution in [3.05, 3.63) is 29.8 Å². The predicted molar refractivity (Wildman–Crippen MR) is 119 cm³/mol. The summed E-state index contributed by atoms with van der Waals surface area (Å²) in [6, 6.07) is 8.02. The number of hydrogen-bond acceptors (Lipinski definition) is 3. The number of carbonyl (C=O) groups excluding carboxylic acids is 1. The van der Waals surface area contributed by atoms with Crippen molar-refractivity contribution in [1.82, 2.24) is 16.0 Å². The van der Waals surface area contributed by atoms with Crippen LogP contribution in [0.3, 0.4) is 0 Å². The van der Waals surface area contributed by atoms with Crippen LogP contribution in [0.15, 0.2) is 29.3 Å². The molecule has 0 unspecified atom stereocenters. The van der Waals surface area contributed by atoms with Crippen LogP contribution in [0.4, 0.5) is 0 Å². The van der Waals surface area contributed by atoms with Crippen molar-refractivity contribution < 1.29 is 9.53 Å². The van der Waals surface area contributed by atoms with E-state index >= 15 is 0 Å². The first kappa shape index (κ1) is 24.5. The standard InChI is InChI=1S/C19H32N4O2.HI/c1-6-20-18(23-14-13-21-17(24)19(2,3)4)22-12-11-15-7-9-16(25-5)10-8-15;/h7-10H,6,11-14H2,1-5H3,(H,21,24)(H2,20,22,23);1H. The summed E-state index contributed by atoms with van der Waals surface area (Å²) < 4.78 is 5.16. The second-order valence-electron chi connectivity index (χ2n) is 6.79. The number of halogens is 1. The SMILES string of the molecule is CCNC(=NCCc1ccc(OC)cc1)NCCNC(=O)C(C)(C)C.I. The largest absolute Gasteiger partial charge is 0.497 e. The van der Waals surface area contributed by atoms with Crippen LogP contribution in [0.5, 0.6) is 5.75 Å². The van der Waals surface area contributed by atoms with Crippen molar-refractivity contribution in [3.63, 3.8) is 0 Å². The molecule has 26 heavy (non-hydrogen) atoms. The van der Waals surface area contributed by atoms with Crippen LogP contribution in [0.2, 0.25) is 0 Å². The molecule has 1 aromatic carbocycles. The van der Waals surface area contributed by atoms with Crippen molar-refractivity contribution in [3.8, 4) is 5.75 Å². The summed E-state index contributed by atoms with van der Waals surface area (Å²) in [7, 11) is 1.66. The molecule has 0 aliphatic heterocycles. The van der Waals surface area contributed by atoms with Crippen LogP contribution in [0, 0.1) is 5.41 Å². The van der Waals surface area contributed by atoms with Gasteiger partial charge >= 0.3 is 0 Å². The summed E-state index contributed by atoms with van der Waals surface area (Å²) in [5, 5.41) is 9.36. The summed E-state index contributed by atoms with van der Waals surface area (Å²) in [6.45, 7) is 10.4. The van der Waals surface area contributed by atoms with Gasteiger partial charge in [-0.1, -0.05) is 32.9 Å². The number of nitrogens with zero attached hydrogens (tertiary/aromatic N) is 1. The van der Waals surface area contributed by atoms with Crippen LogP contribution in [0.25, 0.3) is 0 Å². The van der Waals surface area contributed by atoms with Gasteiger partial charge in [-0.2, -0.15) is 0 Å². The number of methoxy groups -OCH3 is 1. The Balaban J connectivity index is 0.00000625. The average Bonchev–Trinajstić information content (AvgIpc) is 2.58. The lowest BCUT2D eigenvalue weighted by Gasteiger charge is -2.18. The van der Waals surface area contributed by atoms with Crippen LogP contribution < -0.4 is 20.7 Å². The number of rotatable bonds is 8. The van der Waals surface area contributed by atoms with E-state index in [9.17, 15) is 4.79 Å². The minimum atomic E-state index is -0.364. The molecule has 1 amide bonds. The lowest BCUT2D eigenvalue weighted by atomic mass is 9.96. The first-order chi connectivity index (χ1) is 11.9. The van der Waals surface area contributed by atoms with Crippen LogP contribution in [-0.2, 0) is 11.2 Å². The highest BCUT2D eigenvalue weighted by molar-refractivity contribution is 14.0. The fourth-order valence-electron chi connectivity index (χ4n) is 2.05. The van der Waals surface area contributed by atoms with Gasteiger partial charge in [0, 0.05) is 31.6 Å². The second-order valence-corrected chi connectivity index (χ2v) is 6.79. The smallest absolute Gasteiger partial charge is 0.225 e. The molecule has 0 atom stereocenters. The van der Waals surface area contributed by atoms with E-state index in [0.29, 0.717) is 19.6 Å². The zero-order valence-electron chi connectivity index (χ0n) is 16.5. The van der Waals surface area contributed by atoms with Crippen molar-refractivity contribution in [2.75, 3.05) is 33.3 Å². The molecular formula is C19H33IN4O2. The molecule has 0 aromatic heterocycles. The number of hydrogen-bond donors (Lipinski definition) is 3. The zero-order valence-corrected chi connectivity index (χ0v) is 18.8. The second kappa shape index (κ2) is 12.8. The monoisotopic (exact) mass is 476 g/mol. The molecule has 1 aromatic rings. The molecule has 0 aliphatic rings. The normalized spacial score (nSPS) is 11.3. The number of guanidine groups is 1. The maximum absolute atomic E-state index is 11.8. The van der Waals surface area contributed by atoms with Crippen molar-refractivity contribution in [1.29, 1.82) is 0 Å². The van der Waals surface area contributed by atoms with E-state index < -0.39 is 0 Å². The lowest BCUT2D eigenvalue weighted by Crippen LogP contribution is -2.43. The molecule has 0 aliphatic carbocycles. The average molecular weight is 476 g/mol. The highest BCUT2D eigenvalue weighted by Gasteiger charge is 2.20. The van der Waals surface area contributed by atoms with Gasteiger partial charge in [-0.15, -0.1) is 24.0 Å². The molecular weight excluding hydrogens is 443 g/mol. The molecule has 0 fully saturated rings. The summed E-state index contributed by atoms with van der Waals surface area (Å²) in [6.07, 6.45) is 0.862. The number of benzene rings is 1. The third kappa shape index (κ3) is 9.84. The maximum Gasteiger partial charge on any atom is 0.225 e. The van der Waals surface area contributed by atoms with Gasteiger partial charge in [0.25, 0.3) is 0 Å². The number of ether oxygens (including phenoxy) is 1. The van der Waals surface area contributed by atoms with E-state index in [2.05, 4.69) is 33.1 Å². The van der Waals surface area contributed by atoms with Gasteiger partial charge in [0.2, 0.25) is 5.91 Å². The molecule has 7 heteroatoms. The summed E-state index contributed by atoms with van der Waals surface area (Å²) in [4.78, 5) is 16.4. The van der Waals surface area contributed by atoms with Crippen molar-refractivity contribution in [2.24, 2.45) is 10.4 Å². The first-order valence-electron chi connectivity index (χ1n) is 8.80. The molecule has 0 saturated heterocycles. The van der Waals surface area contributed by atoms with Gasteiger partial charge in [-0.25, -0.2) is 0 Å². The number of amides is 1. The molecule has 0 saturated carbocycles. The van der Waals surface area contributed by atoms with Gasteiger partial charge in [0.15, 0.2) is 5.96 Å². The summed E-state index contributed by atoms with van der Waals surface area (Å²) >= 11 is 0. The minimum Gasteiger partial charge on any atom is -0.497 e.